The molecule has 2 rings (SSSR count). The molecule has 0 aliphatic rings. The zero-order valence-corrected chi connectivity index (χ0v) is 15.9. The largest absolute Gasteiger partial charge is 0.449 e. The van der Waals surface area contributed by atoms with E-state index in [-0.39, 0.29) is 5.91 Å². The third kappa shape index (κ3) is 5.74. The van der Waals surface area contributed by atoms with Gasteiger partial charge < -0.3 is 9.64 Å². The smallest absolute Gasteiger partial charge is 0.331 e. The van der Waals surface area contributed by atoms with Gasteiger partial charge in [0.2, 0.25) is 0 Å². The molecule has 0 unspecified atom stereocenters. The van der Waals surface area contributed by atoms with E-state index in [1.165, 1.54) is 11.0 Å². The molecule has 2 aromatic carbocycles. The van der Waals surface area contributed by atoms with Gasteiger partial charge in [-0.05, 0) is 42.7 Å². The van der Waals surface area contributed by atoms with E-state index in [0.29, 0.717) is 11.6 Å². The number of hydrogen-bond acceptors (Lipinski definition) is 3. The van der Waals surface area contributed by atoms with Gasteiger partial charge in [0.15, 0.2) is 6.10 Å². The van der Waals surface area contributed by atoms with E-state index in [9.17, 15) is 9.59 Å². The average Bonchev–Trinajstić information content (AvgIpc) is 2.62. The minimum atomic E-state index is -0.859. The number of ether oxygens (including phenoxy) is 1. The van der Waals surface area contributed by atoms with Gasteiger partial charge in [-0.3, -0.25) is 4.79 Å². The molecule has 2 aromatic rings. The summed E-state index contributed by atoms with van der Waals surface area (Å²) in [6.45, 7) is 3.93. The van der Waals surface area contributed by atoms with Crippen molar-refractivity contribution in [2.45, 2.75) is 26.5 Å². The summed E-state index contributed by atoms with van der Waals surface area (Å²) in [6.07, 6.45) is 2.04. The van der Waals surface area contributed by atoms with Crippen LogP contribution in [0.25, 0.3) is 6.08 Å². The molecule has 1 atom stereocenters. The molecule has 0 spiro atoms. The van der Waals surface area contributed by atoms with Crippen molar-refractivity contribution in [2.75, 3.05) is 7.05 Å². The number of aryl methyl sites for hydroxylation is 1. The second-order valence-electron chi connectivity index (χ2n) is 6.10. The van der Waals surface area contributed by atoms with Crippen molar-refractivity contribution in [3.8, 4) is 0 Å². The Kier molecular flexibility index (Phi) is 6.98. The molecule has 0 radical (unpaired) electrons. The molecule has 0 aliphatic heterocycles. The van der Waals surface area contributed by atoms with Gasteiger partial charge in [-0.15, -0.1) is 0 Å². The molecule has 4 nitrogen and oxygen atoms in total. The number of rotatable bonds is 6. The predicted molar refractivity (Wildman–Crippen MR) is 104 cm³/mol. The second-order valence-corrected chi connectivity index (χ2v) is 6.51. The Labute approximate surface area is 159 Å². The lowest BCUT2D eigenvalue weighted by Gasteiger charge is -2.21. The number of likely N-dealkylation sites (N-methyl/N-ethyl adjacent to an activating group) is 1. The Morgan fingerprint density at radius 1 is 1.19 bits per heavy atom. The van der Waals surface area contributed by atoms with Crippen molar-refractivity contribution < 1.29 is 14.3 Å². The normalized spacial score (nSPS) is 12.0. The molecule has 0 aliphatic carbocycles. The summed E-state index contributed by atoms with van der Waals surface area (Å²) >= 11 is 6.06. The quantitative estimate of drug-likeness (QED) is 0.563. The minimum absolute atomic E-state index is 0.256. The van der Waals surface area contributed by atoms with Gasteiger partial charge in [0.25, 0.3) is 5.91 Å². The molecule has 136 valence electrons. The number of nitrogens with zero attached hydrogens (tertiary/aromatic N) is 1. The van der Waals surface area contributed by atoms with Crippen LogP contribution in [0, 0.1) is 6.92 Å². The Morgan fingerprint density at radius 3 is 2.54 bits per heavy atom. The maximum Gasteiger partial charge on any atom is 0.331 e. The van der Waals surface area contributed by atoms with E-state index in [1.54, 1.807) is 26.1 Å². The average molecular weight is 372 g/mol. The third-order valence-corrected chi connectivity index (χ3v) is 4.29. The maximum atomic E-state index is 12.3. The van der Waals surface area contributed by atoms with Gasteiger partial charge in [0.1, 0.15) is 0 Å². The van der Waals surface area contributed by atoms with Gasteiger partial charge in [-0.1, -0.05) is 54.1 Å². The molecule has 26 heavy (non-hydrogen) atoms. The fourth-order valence-corrected chi connectivity index (χ4v) is 2.58. The Bertz CT molecular complexity index is 802. The topological polar surface area (TPSA) is 46.6 Å². The molecule has 0 saturated heterocycles. The molecule has 0 bridgehead atoms. The monoisotopic (exact) mass is 371 g/mol. The lowest BCUT2D eigenvalue weighted by atomic mass is 10.1. The van der Waals surface area contributed by atoms with Crippen molar-refractivity contribution in [2.24, 2.45) is 0 Å². The summed E-state index contributed by atoms with van der Waals surface area (Å²) < 4.78 is 5.20. The first-order valence-corrected chi connectivity index (χ1v) is 8.68. The number of amides is 1. The van der Waals surface area contributed by atoms with Crippen LogP contribution in [0.1, 0.15) is 23.6 Å². The van der Waals surface area contributed by atoms with Crippen molar-refractivity contribution in [3.63, 3.8) is 0 Å². The maximum absolute atomic E-state index is 12.3. The highest BCUT2D eigenvalue weighted by Gasteiger charge is 2.20. The summed E-state index contributed by atoms with van der Waals surface area (Å²) in [6, 6.07) is 15.1. The third-order valence-electron chi connectivity index (χ3n) is 3.89. The Hall–Kier alpha value is -2.59. The molecule has 0 N–H and O–H groups in total. The zero-order chi connectivity index (χ0) is 19.1. The molecular weight excluding hydrogens is 350 g/mol. The zero-order valence-electron chi connectivity index (χ0n) is 15.1. The summed E-state index contributed by atoms with van der Waals surface area (Å²) in [7, 11) is 1.68. The van der Waals surface area contributed by atoms with Crippen molar-refractivity contribution in [1.29, 1.82) is 0 Å². The number of carbonyl (C=O) groups excluding carboxylic acids is 2. The van der Waals surface area contributed by atoms with Crippen LogP contribution in [0.3, 0.4) is 0 Å². The number of hydrogen-bond donors (Lipinski definition) is 0. The molecule has 0 aromatic heterocycles. The summed E-state index contributed by atoms with van der Waals surface area (Å²) in [5.41, 5.74) is 2.77. The Balaban J connectivity index is 1.89. The molecular formula is C21H22ClNO3. The van der Waals surface area contributed by atoms with Gasteiger partial charge in [0, 0.05) is 24.7 Å². The van der Waals surface area contributed by atoms with Gasteiger partial charge >= 0.3 is 5.97 Å². The summed E-state index contributed by atoms with van der Waals surface area (Å²) in [5, 5.41) is 0.631. The van der Waals surface area contributed by atoms with Crippen LogP contribution in [0.5, 0.6) is 0 Å². The van der Waals surface area contributed by atoms with Crippen LogP contribution in [0.4, 0.5) is 0 Å². The van der Waals surface area contributed by atoms with E-state index < -0.39 is 12.1 Å². The van der Waals surface area contributed by atoms with Crippen LogP contribution in [0.15, 0.2) is 54.6 Å². The first kappa shape index (κ1) is 19.7. The van der Waals surface area contributed by atoms with E-state index >= 15 is 0 Å². The van der Waals surface area contributed by atoms with Crippen molar-refractivity contribution in [1.82, 2.24) is 4.90 Å². The minimum Gasteiger partial charge on any atom is -0.449 e. The van der Waals surface area contributed by atoms with E-state index in [1.807, 2.05) is 49.4 Å². The lowest BCUT2D eigenvalue weighted by molar-refractivity contribution is -0.154. The molecule has 1 amide bonds. The van der Waals surface area contributed by atoms with Crippen LogP contribution in [-0.4, -0.2) is 29.9 Å². The number of benzene rings is 2. The highest BCUT2D eigenvalue weighted by atomic mass is 35.5. The van der Waals surface area contributed by atoms with Crippen LogP contribution < -0.4 is 0 Å². The van der Waals surface area contributed by atoms with Gasteiger partial charge in [-0.25, -0.2) is 4.79 Å². The summed E-state index contributed by atoms with van der Waals surface area (Å²) in [4.78, 5) is 25.8. The number of carbonyl (C=O) groups is 2. The molecule has 5 heteroatoms. The first-order chi connectivity index (χ1) is 12.4. The van der Waals surface area contributed by atoms with Gasteiger partial charge in [-0.2, -0.15) is 0 Å². The van der Waals surface area contributed by atoms with Crippen LogP contribution >= 0.6 is 11.6 Å². The molecule has 0 fully saturated rings. The fourth-order valence-electron chi connectivity index (χ4n) is 2.39. The molecule has 0 saturated carbocycles. The van der Waals surface area contributed by atoms with Crippen molar-refractivity contribution >= 4 is 29.6 Å². The summed E-state index contributed by atoms with van der Waals surface area (Å²) in [5.74, 6) is -0.829. The van der Waals surface area contributed by atoms with E-state index in [0.717, 1.165) is 16.7 Å². The van der Waals surface area contributed by atoms with Crippen LogP contribution in [-0.2, 0) is 20.9 Å². The highest BCUT2D eigenvalue weighted by molar-refractivity contribution is 6.31. The first-order valence-electron chi connectivity index (χ1n) is 8.30. The second kappa shape index (κ2) is 9.20. The van der Waals surface area contributed by atoms with Crippen molar-refractivity contribution in [3.05, 3.63) is 76.3 Å². The highest BCUT2D eigenvalue weighted by Crippen LogP contribution is 2.17. The fraction of sp³-hybridized carbons (Fsp3) is 0.238. The van der Waals surface area contributed by atoms with Gasteiger partial charge in [0.05, 0.1) is 0 Å². The van der Waals surface area contributed by atoms with E-state index in [4.69, 9.17) is 16.3 Å². The van der Waals surface area contributed by atoms with E-state index in [2.05, 4.69) is 0 Å². The predicted octanol–water partition coefficient (Wildman–Crippen LogP) is 4.25. The molecule has 0 heterocycles. The Morgan fingerprint density at radius 2 is 1.88 bits per heavy atom. The SMILES string of the molecule is Cc1ccc(/C=C/C(=O)O[C@@H](C)C(=O)N(C)Cc2ccccc2)cc1Cl. The number of esters is 1. The van der Waals surface area contributed by atoms with Crippen LogP contribution in [0.2, 0.25) is 5.02 Å². The standard InChI is InChI=1S/C21H22ClNO3/c1-15-9-10-17(13-19(15)22)11-12-20(24)26-16(2)21(25)23(3)14-18-7-5-4-6-8-18/h4-13,16H,14H2,1-3H3/b12-11+/t16-/m0/s1. The number of halogens is 1. The lowest BCUT2D eigenvalue weighted by Crippen LogP contribution is -2.36.